The normalized spacial score (nSPS) is 10.8. The molecule has 0 amide bonds. The topological polar surface area (TPSA) is 34.9 Å². The van der Waals surface area contributed by atoms with Crippen molar-refractivity contribution in [2.24, 2.45) is 7.05 Å². The van der Waals surface area contributed by atoms with Gasteiger partial charge in [0.25, 0.3) is 0 Å². The quantitative estimate of drug-likeness (QED) is 0.794. The molecule has 0 radical (unpaired) electrons. The average Bonchev–Trinajstić information content (AvgIpc) is 2.59. The van der Waals surface area contributed by atoms with Gasteiger partial charge in [0.05, 0.1) is 22.3 Å². The van der Waals surface area contributed by atoms with Gasteiger partial charge in [-0.3, -0.25) is 9.48 Å². The molecule has 0 aliphatic carbocycles. The molecule has 1 heterocycles. The number of rotatable bonds is 3. The van der Waals surface area contributed by atoms with Crippen LogP contribution < -0.4 is 0 Å². The molecule has 2 rings (SSSR count). The molecule has 0 saturated carbocycles. The van der Waals surface area contributed by atoms with Crippen molar-refractivity contribution >= 4 is 33.3 Å². The molecule has 1 aromatic heterocycles. The lowest BCUT2D eigenvalue weighted by Gasteiger charge is -2.05. The fourth-order valence-electron chi connectivity index (χ4n) is 1.94. The third kappa shape index (κ3) is 2.90. The zero-order valence-corrected chi connectivity index (χ0v) is 13.3. The Kier molecular flexibility index (Phi) is 4.11. The SMILES string of the molecule is Cc1cc(C(=O)Cc2c(Br)c(C)nn2C)ccc1Cl. The minimum absolute atomic E-state index is 0.0588. The van der Waals surface area contributed by atoms with Gasteiger partial charge in [-0.05, 0) is 53.5 Å². The lowest BCUT2D eigenvalue weighted by atomic mass is 10.0. The molecule has 0 unspecified atom stereocenters. The molecular weight excluding hydrogens is 328 g/mol. The van der Waals surface area contributed by atoms with Gasteiger partial charge in [0.15, 0.2) is 5.78 Å². The van der Waals surface area contributed by atoms with E-state index in [0.29, 0.717) is 17.0 Å². The number of ketones is 1. The predicted molar refractivity (Wildman–Crippen MR) is 79.9 cm³/mol. The van der Waals surface area contributed by atoms with E-state index < -0.39 is 0 Å². The van der Waals surface area contributed by atoms with Crippen LogP contribution in [0.1, 0.15) is 27.3 Å². The molecule has 0 N–H and O–H groups in total. The first-order chi connectivity index (χ1) is 8.90. The van der Waals surface area contributed by atoms with Crippen molar-refractivity contribution < 1.29 is 4.79 Å². The molecule has 2 aromatic rings. The van der Waals surface area contributed by atoms with E-state index in [1.165, 1.54) is 0 Å². The third-order valence-corrected chi connectivity index (χ3v) is 4.53. The maximum Gasteiger partial charge on any atom is 0.168 e. The van der Waals surface area contributed by atoms with Crippen molar-refractivity contribution in [3.63, 3.8) is 0 Å². The Balaban J connectivity index is 2.28. The molecule has 100 valence electrons. The fraction of sp³-hybridized carbons (Fsp3) is 0.286. The number of carbonyl (C=O) groups is 1. The molecule has 0 fully saturated rings. The minimum atomic E-state index is 0.0588. The van der Waals surface area contributed by atoms with E-state index in [1.54, 1.807) is 16.8 Å². The summed E-state index contributed by atoms with van der Waals surface area (Å²) in [6.45, 7) is 3.80. The van der Waals surface area contributed by atoms with Crippen LogP contribution in [0.15, 0.2) is 22.7 Å². The monoisotopic (exact) mass is 340 g/mol. The molecule has 3 nitrogen and oxygen atoms in total. The molecule has 1 aromatic carbocycles. The van der Waals surface area contributed by atoms with Crippen LogP contribution in [-0.2, 0) is 13.5 Å². The highest BCUT2D eigenvalue weighted by molar-refractivity contribution is 9.10. The number of nitrogens with zero attached hydrogens (tertiary/aromatic N) is 2. The number of carbonyl (C=O) groups excluding carboxylic acids is 1. The Labute approximate surface area is 125 Å². The van der Waals surface area contributed by atoms with Crippen LogP contribution in [0.5, 0.6) is 0 Å². The maximum absolute atomic E-state index is 12.3. The Hall–Kier alpha value is -1.13. The number of aryl methyl sites for hydroxylation is 3. The van der Waals surface area contributed by atoms with E-state index in [9.17, 15) is 4.79 Å². The summed E-state index contributed by atoms with van der Waals surface area (Å²) in [6, 6.07) is 5.34. The van der Waals surface area contributed by atoms with E-state index in [-0.39, 0.29) is 5.78 Å². The van der Waals surface area contributed by atoms with Crippen LogP contribution in [0, 0.1) is 13.8 Å². The van der Waals surface area contributed by atoms with E-state index in [2.05, 4.69) is 21.0 Å². The van der Waals surface area contributed by atoms with Crippen molar-refractivity contribution in [2.45, 2.75) is 20.3 Å². The van der Waals surface area contributed by atoms with Gasteiger partial charge in [-0.2, -0.15) is 5.10 Å². The van der Waals surface area contributed by atoms with Crippen molar-refractivity contribution in [2.75, 3.05) is 0 Å². The van der Waals surface area contributed by atoms with Crippen LogP contribution in [0.2, 0.25) is 5.02 Å². The van der Waals surface area contributed by atoms with Crippen molar-refractivity contribution in [1.82, 2.24) is 9.78 Å². The Morgan fingerprint density at radius 2 is 2.11 bits per heavy atom. The van der Waals surface area contributed by atoms with Crippen LogP contribution in [0.25, 0.3) is 0 Å². The van der Waals surface area contributed by atoms with Gasteiger partial charge in [0.1, 0.15) is 0 Å². The number of hydrogen-bond donors (Lipinski definition) is 0. The largest absolute Gasteiger partial charge is 0.294 e. The van der Waals surface area contributed by atoms with E-state index >= 15 is 0 Å². The predicted octanol–water partition coefficient (Wildman–Crippen LogP) is 3.88. The second-order valence-electron chi connectivity index (χ2n) is 4.53. The lowest BCUT2D eigenvalue weighted by Crippen LogP contribution is -2.08. The molecular formula is C14H14BrClN2O. The van der Waals surface area contributed by atoms with E-state index in [1.807, 2.05) is 27.0 Å². The highest BCUT2D eigenvalue weighted by atomic mass is 79.9. The second-order valence-corrected chi connectivity index (χ2v) is 5.73. The van der Waals surface area contributed by atoms with Gasteiger partial charge in [-0.1, -0.05) is 11.6 Å². The molecule has 5 heteroatoms. The first-order valence-electron chi connectivity index (χ1n) is 5.87. The molecule has 0 aliphatic rings. The zero-order valence-electron chi connectivity index (χ0n) is 11.0. The van der Waals surface area contributed by atoms with Crippen molar-refractivity contribution in [1.29, 1.82) is 0 Å². The van der Waals surface area contributed by atoms with Gasteiger partial charge in [0.2, 0.25) is 0 Å². The molecule has 0 spiro atoms. The van der Waals surface area contributed by atoms with Crippen molar-refractivity contribution in [3.8, 4) is 0 Å². The maximum atomic E-state index is 12.3. The van der Waals surface area contributed by atoms with Gasteiger partial charge in [0, 0.05) is 17.6 Å². The van der Waals surface area contributed by atoms with Crippen LogP contribution >= 0.6 is 27.5 Å². The second kappa shape index (κ2) is 5.47. The molecule has 0 atom stereocenters. The summed E-state index contributed by atoms with van der Waals surface area (Å²) >= 11 is 9.44. The zero-order chi connectivity index (χ0) is 14.2. The van der Waals surface area contributed by atoms with Crippen LogP contribution in [0.3, 0.4) is 0 Å². The minimum Gasteiger partial charge on any atom is -0.294 e. The molecule has 0 saturated heterocycles. The first kappa shape index (κ1) is 14.3. The van der Waals surface area contributed by atoms with Crippen LogP contribution in [0.4, 0.5) is 0 Å². The Morgan fingerprint density at radius 1 is 1.42 bits per heavy atom. The molecule has 19 heavy (non-hydrogen) atoms. The summed E-state index contributed by atoms with van der Waals surface area (Å²) < 4.78 is 2.63. The average molecular weight is 342 g/mol. The van der Waals surface area contributed by atoms with E-state index in [4.69, 9.17) is 11.6 Å². The summed E-state index contributed by atoms with van der Waals surface area (Å²) in [7, 11) is 1.84. The highest BCUT2D eigenvalue weighted by Crippen LogP contribution is 2.23. The lowest BCUT2D eigenvalue weighted by molar-refractivity contribution is 0.0990. The Bertz CT molecular complexity index is 649. The van der Waals surface area contributed by atoms with Crippen molar-refractivity contribution in [3.05, 3.63) is 50.2 Å². The fourth-order valence-corrected chi connectivity index (χ4v) is 2.54. The number of hydrogen-bond acceptors (Lipinski definition) is 2. The van der Waals surface area contributed by atoms with E-state index in [0.717, 1.165) is 21.4 Å². The molecule has 0 aliphatic heterocycles. The number of Topliss-reactive ketones (excluding diaryl/α,β-unsaturated/α-hetero) is 1. The Morgan fingerprint density at radius 3 is 2.63 bits per heavy atom. The summed E-state index contributed by atoms with van der Waals surface area (Å²) in [5.41, 5.74) is 3.35. The number of halogens is 2. The summed E-state index contributed by atoms with van der Waals surface area (Å²) in [5, 5.41) is 4.96. The van der Waals surface area contributed by atoms with Gasteiger partial charge >= 0.3 is 0 Å². The summed E-state index contributed by atoms with van der Waals surface area (Å²) in [4.78, 5) is 12.3. The first-order valence-corrected chi connectivity index (χ1v) is 7.04. The number of benzene rings is 1. The standard InChI is InChI=1S/C14H14BrClN2O/c1-8-6-10(4-5-11(8)16)13(19)7-12-14(15)9(2)17-18(12)3/h4-6H,7H2,1-3H3. The highest BCUT2D eigenvalue weighted by Gasteiger charge is 2.16. The van der Waals surface area contributed by atoms with Gasteiger partial charge in [-0.15, -0.1) is 0 Å². The smallest absolute Gasteiger partial charge is 0.168 e. The number of aromatic nitrogens is 2. The summed E-state index contributed by atoms with van der Waals surface area (Å²) in [6.07, 6.45) is 0.318. The summed E-state index contributed by atoms with van der Waals surface area (Å²) in [5.74, 6) is 0.0588. The van der Waals surface area contributed by atoms with Gasteiger partial charge in [-0.25, -0.2) is 0 Å². The van der Waals surface area contributed by atoms with Crippen LogP contribution in [-0.4, -0.2) is 15.6 Å². The third-order valence-electron chi connectivity index (χ3n) is 3.07. The molecule has 0 bridgehead atoms. The van der Waals surface area contributed by atoms with Gasteiger partial charge < -0.3 is 0 Å².